The van der Waals surface area contributed by atoms with E-state index in [0.717, 1.165) is 34.0 Å². The number of aliphatic imine (C=N–C) groups is 2. The van der Waals surface area contributed by atoms with E-state index in [1.807, 2.05) is 36.4 Å². The summed E-state index contributed by atoms with van der Waals surface area (Å²) < 4.78 is 2.33. The predicted molar refractivity (Wildman–Crippen MR) is 153 cm³/mol. The van der Waals surface area contributed by atoms with Crippen LogP contribution in [0, 0.1) is 0 Å². The van der Waals surface area contributed by atoms with Crippen LogP contribution in [-0.4, -0.2) is 16.2 Å². The van der Waals surface area contributed by atoms with Gasteiger partial charge in [-0.15, -0.1) is 0 Å². The highest BCUT2D eigenvalue weighted by Crippen LogP contribution is 2.32. The minimum Gasteiger partial charge on any atom is -0.324 e. The van der Waals surface area contributed by atoms with Gasteiger partial charge in [-0.25, -0.2) is 9.98 Å². The number of nitrogens with zero attached hydrogens (tertiary/aromatic N) is 3. The van der Waals surface area contributed by atoms with Gasteiger partial charge >= 0.3 is 0 Å². The summed E-state index contributed by atoms with van der Waals surface area (Å²) >= 11 is 0. The molecule has 0 aliphatic carbocycles. The lowest BCUT2D eigenvalue weighted by atomic mass is 10.1. The maximum atomic E-state index is 5.00. The van der Waals surface area contributed by atoms with Gasteiger partial charge in [-0.05, 0) is 29.8 Å². The maximum Gasteiger partial charge on any atom is 0.169 e. The van der Waals surface area contributed by atoms with E-state index in [0.29, 0.717) is 0 Å². The second kappa shape index (κ2) is 8.92. The largest absolute Gasteiger partial charge is 0.324 e. The minimum atomic E-state index is -0.334. The summed E-state index contributed by atoms with van der Waals surface area (Å²) in [5.74, 6) is 1.65. The van der Waals surface area contributed by atoms with Crippen LogP contribution in [0.2, 0.25) is 0 Å². The van der Waals surface area contributed by atoms with E-state index in [2.05, 4.69) is 107 Å². The number of aromatic nitrogens is 1. The maximum absolute atomic E-state index is 5.00. The van der Waals surface area contributed by atoms with Crippen molar-refractivity contribution in [3.05, 3.63) is 150 Å². The van der Waals surface area contributed by atoms with E-state index in [1.165, 1.54) is 21.8 Å². The summed E-state index contributed by atoms with van der Waals surface area (Å²) in [6.45, 7) is 0. The Hall–Kier alpha value is -4.96. The fourth-order valence-corrected chi connectivity index (χ4v) is 5.08. The highest BCUT2D eigenvalue weighted by Gasteiger charge is 2.21. The first-order valence-corrected chi connectivity index (χ1v) is 12.5. The van der Waals surface area contributed by atoms with Gasteiger partial charge in [0.05, 0.1) is 11.0 Å². The number of fused-ring (bicyclic) bond motifs is 3. The minimum absolute atomic E-state index is 0.334. The Balaban J connectivity index is 1.32. The van der Waals surface area contributed by atoms with Crippen LogP contribution in [-0.2, 0) is 0 Å². The molecular formula is C33H24N4. The van der Waals surface area contributed by atoms with Gasteiger partial charge in [0.2, 0.25) is 0 Å². The lowest BCUT2D eigenvalue weighted by Gasteiger charge is -2.22. The van der Waals surface area contributed by atoms with Crippen molar-refractivity contribution >= 4 is 33.5 Å². The molecule has 1 N–H and O–H groups in total. The quantitative estimate of drug-likeness (QED) is 0.285. The molecule has 176 valence electrons. The summed E-state index contributed by atoms with van der Waals surface area (Å²) in [5.41, 5.74) is 6.65. The molecule has 0 amide bonds. The fourth-order valence-electron chi connectivity index (χ4n) is 5.08. The van der Waals surface area contributed by atoms with Crippen molar-refractivity contribution in [3.63, 3.8) is 0 Å². The van der Waals surface area contributed by atoms with Crippen LogP contribution in [0.5, 0.6) is 0 Å². The third-order valence-corrected chi connectivity index (χ3v) is 6.86. The van der Waals surface area contributed by atoms with Crippen molar-refractivity contribution in [3.8, 4) is 5.69 Å². The summed E-state index contributed by atoms with van der Waals surface area (Å²) in [6.07, 6.45) is -0.334. The molecule has 1 aliphatic heterocycles. The van der Waals surface area contributed by atoms with Crippen LogP contribution in [0.25, 0.3) is 27.5 Å². The van der Waals surface area contributed by atoms with Gasteiger partial charge < -0.3 is 9.88 Å². The fraction of sp³-hybridized carbons (Fsp3) is 0.0303. The Morgan fingerprint density at radius 3 is 1.46 bits per heavy atom. The summed E-state index contributed by atoms with van der Waals surface area (Å²) in [5, 5.41) is 5.97. The molecule has 0 bridgehead atoms. The first-order valence-electron chi connectivity index (χ1n) is 12.5. The highest BCUT2D eigenvalue weighted by molar-refractivity contribution is 6.16. The van der Waals surface area contributed by atoms with Crippen molar-refractivity contribution < 1.29 is 0 Å². The van der Waals surface area contributed by atoms with Gasteiger partial charge in [0.25, 0.3) is 0 Å². The van der Waals surface area contributed by atoms with Crippen LogP contribution in [0.15, 0.2) is 143 Å². The van der Waals surface area contributed by atoms with Gasteiger partial charge in [-0.1, -0.05) is 109 Å². The molecule has 0 atom stereocenters. The number of benzene rings is 5. The van der Waals surface area contributed by atoms with Gasteiger partial charge in [-0.3, -0.25) is 0 Å². The molecule has 4 heteroatoms. The molecule has 6 aromatic rings. The zero-order chi connectivity index (χ0) is 24.6. The zero-order valence-electron chi connectivity index (χ0n) is 20.1. The van der Waals surface area contributed by atoms with Crippen LogP contribution < -0.4 is 5.32 Å². The number of hydrogen-bond acceptors (Lipinski definition) is 3. The summed E-state index contributed by atoms with van der Waals surface area (Å²) in [7, 11) is 0. The van der Waals surface area contributed by atoms with Crippen LogP contribution >= 0.6 is 0 Å². The van der Waals surface area contributed by atoms with Gasteiger partial charge in [0, 0.05) is 27.6 Å². The Kier molecular flexibility index (Phi) is 5.14. The standard InChI is InChI=1S/C33H24N4/c1-3-11-23(12-4-1)31-34-32(24-13-5-2-6-14-24)36-33(35-31)25-19-21-26(22-20-25)37-29-17-9-7-15-27(29)28-16-8-10-18-30(28)37/h1-22,33H,(H,34,35,36). The van der Waals surface area contributed by atoms with E-state index in [9.17, 15) is 0 Å². The Morgan fingerprint density at radius 2 is 0.946 bits per heavy atom. The van der Waals surface area contributed by atoms with E-state index in [1.54, 1.807) is 0 Å². The molecule has 37 heavy (non-hydrogen) atoms. The third kappa shape index (κ3) is 3.80. The predicted octanol–water partition coefficient (Wildman–Crippen LogP) is 7.28. The Labute approximate surface area is 215 Å². The second-order valence-corrected chi connectivity index (χ2v) is 9.15. The molecule has 2 heterocycles. The normalized spacial score (nSPS) is 13.8. The average molecular weight is 477 g/mol. The molecule has 5 aromatic carbocycles. The monoisotopic (exact) mass is 476 g/mol. The molecule has 0 saturated heterocycles. The van der Waals surface area contributed by atoms with Crippen molar-refractivity contribution in [1.29, 1.82) is 0 Å². The number of para-hydroxylation sites is 2. The zero-order valence-corrected chi connectivity index (χ0v) is 20.1. The molecule has 0 radical (unpaired) electrons. The van der Waals surface area contributed by atoms with Crippen LogP contribution in [0.4, 0.5) is 0 Å². The first-order chi connectivity index (χ1) is 18.3. The number of nitrogens with one attached hydrogen (secondary N) is 1. The molecular weight excluding hydrogens is 452 g/mol. The van der Waals surface area contributed by atoms with E-state index >= 15 is 0 Å². The van der Waals surface area contributed by atoms with E-state index < -0.39 is 0 Å². The van der Waals surface area contributed by atoms with Crippen molar-refractivity contribution in [2.75, 3.05) is 0 Å². The SMILES string of the molecule is c1ccc(C2=NC(c3ccc(-n4c5ccccc5c5ccccc54)cc3)N=C(c3ccccc3)N2)cc1. The lowest BCUT2D eigenvalue weighted by Crippen LogP contribution is -2.35. The molecule has 0 spiro atoms. The molecule has 4 nitrogen and oxygen atoms in total. The Bertz CT molecular complexity index is 1670. The van der Waals surface area contributed by atoms with E-state index in [4.69, 9.17) is 9.98 Å². The number of amidine groups is 2. The molecule has 1 aliphatic rings. The topological polar surface area (TPSA) is 41.7 Å². The number of rotatable bonds is 4. The molecule has 0 saturated carbocycles. The lowest BCUT2D eigenvalue weighted by molar-refractivity contribution is 0.755. The van der Waals surface area contributed by atoms with Gasteiger partial charge in [-0.2, -0.15) is 0 Å². The van der Waals surface area contributed by atoms with Crippen LogP contribution in [0.3, 0.4) is 0 Å². The summed E-state index contributed by atoms with van der Waals surface area (Å²) in [6, 6.07) is 46.2. The van der Waals surface area contributed by atoms with Crippen molar-refractivity contribution in [2.45, 2.75) is 6.17 Å². The molecule has 0 unspecified atom stereocenters. The number of hydrogen-bond donors (Lipinski definition) is 1. The Morgan fingerprint density at radius 1 is 0.486 bits per heavy atom. The van der Waals surface area contributed by atoms with Crippen molar-refractivity contribution in [2.24, 2.45) is 9.98 Å². The van der Waals surface area contributed by atoms with Gasteiger partial charge in [0.15, 0.2) is 6.17 Å². The van der Waals surface area contributed by atoms with Crippen LogP contribution in [0.1, 0.15) is 22.9 Å². The highest BCUT2D eigenvalue weighted by atomic mass is 15.2. The van der Waals surface area contributed by atoms with Crippen molar-refractivity contribution in [1.82, 2.24) is 9.88 Å². The summed E-state index contributed by atoms with van der Waals surface area (Å²) in [4.78, 5) is 10.0. The molecule has 0 fully saturated rings. The van der Waals surface area contributed by atoms with Gasteiger partial charge in [0.1, 0.15) is 11.7 Å². The van der Waals surface area contributed by atoms with E-state index in [-0.39, 0.29) is 6.17 Å². The smallest absolute Gasteiger partial charge is 0.169 e. The first kappa shape index (κ1) is 21.3. The second-order valence-electron chi connectivity index (χ2n) is 9.15. The molecule has 1 aromatic heterocycles. The molecule has 7 rings (SSSR count). The third-order valence-electron chi connectivity index (χ3n) is 6.86. The average Bonchev–Trinajstić information content (AvgIpc) is 3.32.